The van der Waals surface area contributed by atoms with Crippen molar-refractivity contribution >= 4 is 5.97 Å². The molecule has 2 fully saturated rings. The van der Waals surface area contributed by atoms with Crippen LogP contribution in [0.2, 0.25) is 0 Å². The fourth-order valence-electron chi connectivity index (χ4n) is 2.62. The molecule has 0 unspecified atom stereocenters. The van der Waals surface area contributed by atoms with E-state index in [1.54, 1.807) is 0 Å². The molecule has 0 amide bonds. The molecule has 98 valence electrons. The fraction of sp³-hybridized carbons (Fsp3) is 0.923. The van der Waals surface area contributed by atoms with E-state index in [1.165, 1.54) is 0 Å². The Balaban J connectivity index is 2.13. The molecule has 2 saturated heterocycles. The molecule has 0 aliphatic carbocycles. The zero-order valence-corrected chi connectivity index (χ0v) is 11.2. The van der Waals surface area contributed by atoms with Crippen molar-refractivity contribution in [1.29, 1.82) is 0 Å². The highest BCUT2D eigenvalue weighted by Gasteiger charge is 2.53. The second-order valence-electron chi connectivity index (χ2n) is 5.98. The summed E-state index contributed by atoms with van der Waals surface area (Å²) >= 11 is 0. The molecule has 0 saturated carbocycles. The van der Waals surface area contributed by atoms with Gasteiger partial charge in [-0.2, -0.15) is 0 Å². The number of hydrogen-bond donors (Lipinski definition) is 0. The number of carbonyl (C=O) groups excluding carboxylic acids is 1. The monoisotopic (exact) mass is 242 g/mol. The van der Waals surface area contributed by atoms with Crippen molar-refractivity contribution in [2.75, 3.05) is 0 Å². The number of rotatable bonds is 2. The molecular formula is C13H22O4. The molecule has 2 aliphatic rings. The molecule has 17 heavy (non-hydrogen) atoms. The quantitative estimate of drug-likeness (QED) is 0.696. The maximum Gasteiger partial charge on any atom is 0.338 e. The third kappa shape index (κ3) is 2.47. The SMILES string of the molecule is CC(C)C[C@@H]1OC(=O)[C@@H]2OC(C)(C)O[C@@H]2[C@H]1C. The topological polar surface area (TPSA) is 44.8 Å². The van der Waals surface area contributed by atoms with E-state index in [0.29, 0.717) is 5.92 Å². The maximum atomic E-state index is 11.9. The third-order valence-corrected chi connectivity index (χ3v) is 3.44. The van der Waals surface area contributed by atoms with Crippen LogP contribution in [-0.2, 0) is 19.0 Å². The Hall–Kier alpha value is -0.610. The second kappa shape index (κ2) is 4.25. The normalized spacial score (nSPS) is 40.2. The van der Waals surface area contributed by atoms with Crippen LogP contribution >= 0.6 is 0 Å². The largest absolute Gasteiger partial charge is 0.460 e. The summed E-state index contributed by atoms with van der Waals surface area (Å²) in [5, 5.41) is 0. The van der Waals surface area contributed by atoms with E-state index >= 15 is 0 Å². The van der Waals surface area contributed by atoms with Gasteiger partial charge in [0.15, 0.2) is 11.9 Å². The first kappa shape index (κ1) is 12.8. The molecule has 0 radical (unpaired) electrons. The van der Waals surface area contributed by atoms with Gasteiger partial charge < -0.3 is 14.2 Å². The summed E-state index contributed by atoms with van der Waals surface area (Å²) < 4.78 is 16.9. The molecule has 0 spiro atoms. The Morgan fingerprint density at radius 1 is 1.29 bits per heavy atom. The van der Waals surface area contributed by atoms with E-state index in [9.17, 15) is 4.79 Å². The minimum atomic E-state index is -0.685. The van der Waals surface area contributed by atoms with Crippen LogP contribution in [0.5, 0.6) is 0 Å². The smallest absolute Gasteiger partial charge is 0.338 e. The van der Waals surface area contributed by atoms with E-state index in [2.05, 4.69) is 20.8 Å². The van der Waals surface area contributed by atoms with Crippen LogP contribution in [0.3, 0.4) is 0 Å². The predicted octanol–water partition coefficient (Wildman–Crippen LogP) is 2.11. The van der Waals surface area contributed by atoms with Crippen LogP contribution in [0.25, 0.3) is 0 Å². The van der Waals surface area contributed by atoms with Crippen molar-refractivity contribution in [2.24, 2.45) is 11.8 Å². The number of fused-ring (bicyclic) bond motifs is 1. The molecule has 0 aromatic carbocycles. The van der Waals surface area contributed by atoms with Gasteiger partial charge in [-0.05, 0) is 26.2 Å². The molecule has 4 atom stereocenters. The summed E-state index contributed by atoms with van der Waals surface area (Å²) in [6.45, 7) is 10.00. The van der Waals surface area contributed by atoms with E-state index in [4.69, 9.17) is 14.2 Å². The number of ether oxygens (including phenoxy) is 3. The average Bonchev–Trinajstić information content (AvgIpc) is 2.50. The van der Waals surface area contributed by atoms with Crippen molar-refractivity contribution in [3.63, 3.8) is 0 Å². The van der Waals surface area contributed by atoms with Gasteiger partial charge in [-0.3, -0.25) is 0 Å². The molecule has 2 aliphatic heterocycles. The zero-order chi connectivity index (χ0) is 12.8. The zero-order valence-electron chi connectivity index (χ0n) is 11.2. The molecule has 0 aromatic heterocycles. The lowest BCUT2D eigenvalue weighted by Crippen LogP contribution is -2.49. The summed E-state index contributed by atoms with van der Waals surface area (Å²) in [6.07, 6.45) is 0.0968. The average molecular weight is 242 g/mol. The van der Waals surface area contributed by atoms with Crippen LogP contribution < -0.4 is 0 Å². The standard InChI is InChI=1S/C13H22O4/c1-7(2)6-9-8(3)10-11(12(14)15-9)17-13(4,5)16-10/h7-11H,6H2,1-5H3/t8-,9-,10+,11+/m0/s1. The highest BCUT2D eigenvalue weighted by molar-refractivity contribution is 5.77. The summed E-state index contributed by atoms with van der Waals surface area (Å²) in [4.78, 5) is 11.9. The molecule has 0 N–H and O–H groups in total. The lowest BCUT2D eigenvalue weighted by Gasteiger charge is -2.35. The van der Waals surface area contributed by atoms with E-state index in [1.807, 2.05) is 13.8 Å². The van der Waals surface area contributed by atoms with Gasteiger partial charge in [0.2, 0.25) is 0 Å². The minimum Gasteiger partial charge on any atom is -0.460 e. The van der Waals surface area contributed by atoms with Gasteiger partial charge in [-0.15, -0.1) is 0 Å². The number of esters is 1. The molecular weight excluding hydrogens is 220 g/mol. The Kier molecular flexibility index (Phi) is 3.21. The molecule has 4 heteroatoms. The summed E-state index contributed by atoms with van der Waals surface area (Å²) in [6, 6.07) is 0. The van der Waals surface area contributed by atoms with Gasteiger partial charge >= 0.3 is 5.97 Å². The third-order valence-electron chi connectivity index (χ3n) is 3.44. The van der Waals surface area contributed by atoms with Crippen molar-refractivity contribution in [3.8, 4) is 0 Å². The van der Waals surface area contributed by atoms with Crippen LogP contribution in [0.15, 0.2) is 0 Å². The summed E-state index contributed by atoms with van der Waals surface area (Å²) in [5.41, 5.74) is 0. The lowest BCUT2D eigenvalue weighted by atomic mass is 9.87. The van der Waals surface area contributed by atoms with Crippen molar-refractivity contribution in [3.05, 3.63) is 0 Å². The van der Waals surface area contributed by atoms with E-state index in [-0.39, 0.29) is 24.1 Å². The first-order valence-corrected chi connectivity index (χ1v) is 6.36. The molecule has 0 bridgehead atoms. The van der Waals surface area contributed by atoms with Gasteiger partial charge in [0.1, 0.15) is 12.2 Å². The van der Waals surface area contributed by atoms with Gasteiger partial charge in [0, 0.05) is 5.92 Å². The highest BCUT2D eigenvalue weighted by atomic mass is 16.8. The van der Waals surface area contributed by atoms with Crippen LogP contribution in [-0.4, -0.2) is 30.1 Å². The second-order valence-corrected chi connectivity index (χ2v) is 5.98. The lowest BCUT2D eigenvalue weighted by molar-refractivity contribution is -0.178. The Morgan fingerprint density at radius 3 is 2.53 bits per heavy atom. The van der Waals surface area contributed by atoms with Crippen LogP contribution in [0.4, 0.5) is 0 Å². The van der Waals surface area contributed by atoms with Gasteiger partial charge in [-0.25, -0.2) is 4.79 Å². The van der Waals surface area contributed by atoms with Crippen LogP contribution in [0, 0.1) is 11.8 Å². The van der Waals surface area contributed by atoms with Gasteiger partial charge in [-0.1, -0.05) is 20.8 Å². The van der Waals surface area contributed by atoms with Crippen molar-refractivity contribution in [2.45, 2.75) is 65.1 Å². The fourth-order valence-corrected chi connectivity index (χ4v) is 2.62. The van der Waals surface area contributed by atoms with Crippen LogP contribution in [0.1, 0.15) is 41.0 Å². The van der Waals surface area contributed by atoms with Gasteiger partial charge in [0.25, 0.3) is 0 Å². The number of carbonyl (C=O) groups is 1. The molecule has 0 aromatic rings. The Morgan fingerprint density at radius 2 is 1.94 bits per heavy atom. The van der Waals surface area contributed by atoms with E-state index in [0.717, 1.165) is 6.42 Å². The number of hydrogen-bond acceptors (Lipinski definition) is 4. The Bertz CT molecular complexity index is 311. The Labute approximate surface area is 103 Å². The molecule has 2 rings (SSSR count). The highest BCUT2D eigenvalue weighted by Crippen LogP contribution is 2.39. The number of cyclic esters (lactones) is 1. The predicted molar refractivity (Wildman–Crippen MR) is 62.3 cm³/mol. The molecule has 4 nitrogen and oxygen atoms in total. The maximum absolute atomic E-state index is 11.9. The van der Waals surface area contributed by atoms with Crippen molar-refractivity contribution in [1.82, 2.24) is 0 Å². The minimum absolute atomic E-state index is 0.0544. The first-order chi connectivity index (χ1) is 7.80. The summed E-state index contributed by atoms with van der Waals surface area (Å²) in [5.74, 6) is -0.275. The summed E-state index contributed by atoms with van der Waals surface area (Å²) in [7, 11) is 0. The van der Waals surface area contributed by atoms with Crippen molar-refractivity contribution < 1.29 is 19.0 Å². The molecule has 2 heterocycles. The van der Waals surface area contributed by atoms with Gasteiger partial charge in [0.05, 0.1) is 0 Å². The van der Waals surface area contributed by atoms with E-state index < -0.39 is 11.9 Å². The first-order valence-electron chi connectivity index (χ1n) is 6.36.